The molecule has 1 unspecified atom stereocenters. The molecule has 0 saturated carbocycles. The zero-order chi connectivity index (χ0) is 12.1. The Morgan fingerprint density at radius 2 is 2.25 bits per heavy atom. The van der Waals surface area contributed by atoms with Gasteiger partial charge in [-0.3, -0.25) is 4.79 Å². The molecule has 1 atom stereocenters. The Labute approximate surface area is 92.7 Å². The Bertz CT molecular complexity index is 359. The number of carbonyl (C=O) groups excluding carboxylic acids is 1. The molecule has 0 radical (unpaired) electrons. The summed E-state index contributed by atoms with van der Waals surface area (Å²) in [6, 6.07) is 3.66. The van der Waals surface area contributed by atoms with Gasteiger partial charge in [0.25, 0.3) is 5.91 Å². The van der Waals surface area contributed by atoms with Gasteiger partial charge in [0.2, 0.25) is 0 Å². The number of phenolic OH excluding ortho intramolecular Hbond substituents is 1. The summed E-state index contributed by atoms with van der Waals surface area (Å²) in [5.74, 6) is -1.85. The molecule has 0 aliphatic heterocycles. The van der Waals surface area contributed by atoms with Crippen molar-refractivity contribution in [3.05, 3.63) is 29.6 Å². The number of aliphatic hydroxyl groups is 1. The third-order valence-electron chi connectivity index (χ3n) is 2.07. The zero-order valence-electron chi connectivity index (χ0n) is 8.90. The highest BCUT2D eigenvalue weighted by atomic mass is 19.1. The van der Waals surface area contributed by atoms with E-state index in [0.717, 1.165) is 6.07 Å². The highest BCUT2D eigenvalue weighted by molar-refractivity contribution is 5.97. The number of hydrogen-bond donors (Lipinski definition) is 3. The maximum Gasteiger partial charge on any atom is 0.258 e. The van der Waals surface area contributed by atoms with Gasteiger partial charge < -0.3 is 15.5 Å². The van der Waals surface area contributed by atoms with Crippen LogP contribution in [0.4, 0.5) is 4.39 Å². The van der Waals surface area contributed by atoms with Crippen LogP contribution in [0.5, 0.6) is 5.75 Å². The molecule has 0 heterocycles. The number of aromatic hydroxyl groups is 1. The van der Waals surface area contributed by atoms with Crippen molar-refractivity contribution in [2.75, 3.05) is 6.54 Å². The monoisotopic (exact) mass is 227 g/mol. The highest BCUT2D eigenvalue weighted by Crippen LogP contribution is 2.19. The minimum Gasteiger partial charge on any atom is -0.507 e. The first-order chi connectivity index (χ1) is 7.52. The first kappa shape index (κ1) is 12.4. The van der Waals surface area contributed by atoms with Gasteiger partial charge in [-0.2, -0.15) is 0 Å². The van der Waals surface area contributed by atoms with Crippen molar-refractivity contribution in [3.63, 3.8) is 0 Å². The summed E-state index contributed by atoms with van der Waals surface area (Å²) in [5.41, 5.74) is -0.368. The van der Waals surface area contributed by atoms with E-state index in [-0.39, 0.29) is 12.1 Å². The second kappa shape index (κ2) is 5.46. The summed E-state index contributed by atoms with van der Waals surface area (Å²) in [6.07, 6.45) is -0.157. The number of aliphatic hydroxyl groups excluding tert-OH is 1. The first-order valence-corrected chi connectivity index (χ1v) is 4.96. The van der Waals surface area contributed by atoms with Crippen molar-refractivity contribution in [2.45, 2.75) is 19.4 Å². The standard InChI is InChI=1S/C11H14FNO3/c1-7(14)5-6-13-11(16)10-8(12)3-2-4-9(10)15/h2-4,7,14-15H,5-6H2,1H3,(H,13,16). The molecule has 88 valence electrons. The molecule has 4 nitrogen and oxygen atoms in total. The fraction of sp³-hybridized carbons (Fsp3) is 0.364. The molecule has 0 aliphatic carbocycles. The second-order valence-corrected chi connectivity index (χ2v) is 3.53. The van der Waals surface area contributed by atoms with Gasteiger partial charge in [-0.25, -0.2) is 4.39 Å². The predicted octanol–water partition coefficient (Wildman–Crippen LogP) is 1.03. The number of nitrogens with one attached hydrogen (secondary N) is 1. The maximum atomic E-state index is 13.2. The van der Waals surface area contributed by atoms with Crippen LogP contribution in [0.25, 0.3) is 0 Å². The fourth-order valence-corrected chi connectivity index (χ4v) is 1.22. The Kier molecular flexibility index (Phi) is 4.25. The third-order valence-corrected chi connectivity index (χ3v) is 2.07. The molecule has 1 aromatic carbocycles. The van der Waals surface area contributed by atoms with Crippen LogP contribution in [0, 0.1) is 5.82 Å². The molecule has 0 spiro atoms. The van der Waals surface area contributed by atoms with E-state index >= 15 is 0 Å². The number of phenols is 1. The molecule has 3 N–H and O–H groups in total. The van der Waals surface area contributed by atoms with E-state index in [4.69, 9.17) is 5.11 Å². The number of rotatable bonds is 4. The van der Waals surface area contributed by atoms with E-state index in [9.17, 15) is 14.3 Å². The van der Waals surface area contributed by atoms with E-state index in [1.165, 1.54) is 12.1 Å². The minimum absolute atomic E-state index is 0.226. The lowest BCUT2D eigenvalue weighted by Gasteiger charge is -2.08. The van der Waals surface area contributed by atoms with Crippen molar-refractivity contribution >= 4 is 5.91 Å². The van der Waals surface area contributed by atoms with Crippen LogP contribution >= 0.6 is 0 Å². The van der Waals surface area contributed by atoms with Crippen LogP contribution in [-0.4, -0.2) is 28.8 Å². The SMILES string of the molecule is CC(O)CCNC(=O)c1c(O)cccc1F. The molecule has 0 bridgehead atoms. The largest absolute Gasteiger partial charge is 0.507 e. The lowest BCUT2D eigenvalue weighted by atomic mass is 10.1. The van der Waals surface area contributed by atoms with Gasteiger partial charge in [-0.1, -0.05) is 6.07 Å². The van der Waals surface area contributed by atoms with Gasteiger partial charge in [0, 0.05) is 6.54 Å². The zero-order valence-corrected chi connectivity index (χ0v) is 8.90. The van der Waals surface area contributed by atoms with Crippen LogP contribution in [0.15, 0.2) is 18.2 Å². The molecular weight excluding hydrogens is 213 g/mol. The van der Waals surface area contributed by atoms with Gasteiger partial charge in [0.15, 0.2) is 0 Å². The lowest BCUT2D eigenvalue weighted by molar-refractivity contribution is 0.0938. The molecule has 0 fully saturated rings. The second-order valence-electron chi connectivity index (χ2n) is 3.53. The normalized spacial score (nSPS) is 12.2. The Balaban J connectivity index is 2.66. The summed E-state index contributed by atoms with van der Waals surface area (Å²) in [6.45, 7) is 1.82. The van der Waals surface area contributed by atoms with Gasteiger partial charge >= 0.3 is 0 Å². The van der Waals surface area contributed by atoms with E-state index < -0.39 is 23.6 Å². The molecule has 1 rings (SSSR count). The third kappa shape index (κ3) is 3.20. The molecule has 0 aliphatic rings. The minimum atomic E-state index is -0.769. The Hall–Kier alpha value is -1.62. The van der Waals surface area contributed by atoms with Gasteiger partial charge in [0.05, 0.1) is 6.10 Å². The van der Waals surface area contributed by atoms with Crippen LogP contribution in [0.1, 0.15) is 23.7 Å². The van der Waals surface area contributed by atoms with E-state index in [0.29, 0.717) is 6.42 Å². The quantitative estimate of drug-likeness (QED) is 0.719. The number of benzene rings is 1. The molecule has 0 aromatic heterocycles. The topological polar surface area (TPSA) is 69.6 Å². The summed E-state index contributed by atoms with van der Waals surface area (Å²) in [4.78, 5) is 11.5. The van der Waals surface area contributed by atoms with Gasteiger partial charge in [-0.05, 0) is 25.5 Å². The molecular formula is C11H14FNO3. The van der Waals surface area contributed by atoms with Crippen molar-refractivity contribution < 1.29 is 19.4 Å². The molecule has 5 heteroatoms. The van der Waals surface area contributed by atoms with E-state index in [1.807, 2.05) is 0 Å². The van der Waals surface area contributed by atoms with Crippen molar-refractivity contribution in [1.82, 2.24) is 5.32 Å². The van der Waals surface area contributed by atoms with Crippen molar-refractivity contribution in [2.24, 2.45) is 0 Å². The highest BCUT2D eigenvalue weighted by Gasteiger charge is 2.15. The Morgan fingerprint density at radius 1 is 1.56 bits per heavy atom. The molecule has 0 saturated heterocycles. The van der Waals surface area contributed by atoms with Crippen LogP contribution in [0.2, 0.25) is 0 Å². The fourth-order valence-electron chi connectivity index (χ4n) is 1.22. The molecule has 1 aromatic rings. The Morgan fingerprint density at radius 3 is 2.81 bits per heavy atom. The lowest BCUT2D eigenvalue weighted by Crippen LogP contribution is -2.27. The average Bonchev–Trinajstić information content (AvgIpc) is 2.16. The summed E-state index contributed by atoms with van der Waals surface area (Å²) < 4.78 is 13.2. The summed E-state index contributed by atoms with van der Waals surface area (Å²) in [7, 11) is 0. The van der Waals surface area contributed by atoms with Crippen molar-refractivity contribution in [1.29, 1.82) is 0 Å². The summed E-state index contributed by atoms with van der Waals surface area (Å²) in [5, 5.41) is 20.7. The number of halogens is 1. The number of carbonyl (C=O) groups is 1. The van der Waals surface area contributed by atoms with Crippen LogP contribution in [0.3, 0.4) is 0 Å². The van der Waals surface area contributed by atoms with Gasteiger partial charge in [0.1, 0.15) is 17.1 Å². The number of hydrogen-bond acceptors (Lipinski definition) is 3. The van der Waals surface area contributed by atoms with E-state index in [2.05, 4.69) is 5.32 Å². The first-order valence-electron chi connectivity index (χ1n) is 4.96. The summed E-state index contributed by atoms with van der Waals surface area (Å²) >= 11 is 0. The molecule has 16 heavy (non-hydrogen) atoms. The maximum absolute atomic E-state index is 13.2. The van der Waals surface area contributed by atoms with E-state index in [1.54, 1.807) is 6.92 Å². The predicted molar refractivity (Wildman–Crippen MR) is 56.7 cm³/mol. The van der Waals surface area contributed by atoms with Crippen LogP contribution < -0.4 is 5.32 Å². The average molecular weight is 227 g/mol. The van der Waals surface area contributed by atoms with Gasteiger partial charge in [-0.15, -0.1) is 0 Å². The van der Waals surface area contributed by atoms with Crippen LogP contribution in [-0.2, 0) is 0 Å². The number of amides is 1. The molecule has 1 amide bonds. The smallest absolute Gasteiger partial charge is 0.258 e. The van der Waals surface area contributed by atoms with Crippen molar-refractivity contribution in [3.8, 4) is 5.75 Å².